The van der Waals surface area contributed by atoms with Crippen LogP contribution in [0.2, 0.25) is 0 Å². The molecule has 7 heteroatoms. The summed E-state index contributed by atoms with van der Waals surface area (Å²) in [5.41, 5.74) is 0.603. The molecule has 1 aromatic heterocycles. The highest BCUT2D eigenvalue weighted by molar-refractivity contribution is 7.99. The molecule has 1 N–H and O–H groups in total. The van der Waals surface area contributed by atoms with E-state index in [1.54, 1.807) is 35.6 Å². The molecule has 1 heterocycles. The molecule has 23 heavy (non-hydrogen) atoms. The third-order valence-electron chi connectivity index (χ3n) is 3.37. The smallest absolute Gasteiger partial charge is 0.288 e. The fourth-order valence-corrected chi connectivity index (χ4v) is 3.38. The van der Waals surface area contributed by atoms with Gasteiger partial charge in [-0.2, -0.15) is 8.78 Å². The summed E-state index contributed by atoms with van der Waals surface area (Å²) in [5, 5.41) is 4.79. The number of hydrogen-bond acceptors (Lipinski definition) is 4. The molecule has 124 valence electrons. The van der Waals surface area contributed by atoms with E-state index in [0.29, 0.717) is 22.3 Å². The molecule has 3 nitrogen and oxygen atoms in total. The summed E-state index contributed by atoms with van der Waals surface area (Å²) < 4.78 is 24.5. The van der Waals surface area contributed by atoms with Crippen molar-refractivity contribution in [1.29, 1.82) is 0 Å². The number of thiophene rings is 1. The van der Waals surface area contributed by atoms with Crippen molar-refractivity contribution in [2.45, 2.75) is 23.6 Å². The predicted molar refractivity (Wildman–Crippen MR) is 92.3 cm³/mol. The Labute approximate surface area is 142 Å². The van der Waals surface area contributed by atoms with Crippen LogP contribution in [0.3, 0.4) is 0 Å². The number of anilines is 1. The standard InChI is InChI=1S/C16H18F2N2OS2/c1-11(14-4-3-9-22-14)20(2)10-15(21)19-12-5-7-13(8-6-12)23-16(17)18/h3-9,11,16H,10H2,1-2H3,(H,19,21). The lowest BCUT2D eigenvalue weighted by Crippen LogP contribution is -2.31. The minimum Gasteiger partial charge on any atom is -0.325 e. The Kier molecular flexibility index (Phi) is 6.56. The number of halogens is 2. The second-order valence-electron chi connectivity index (χ2n) is 5.06. The zero-order valence-electron chi connectivity index (χ0n) is 12.8. The average molecular weight is 356 g/mol. The van der Waals surface area contributed by atoms with E-state index in [1.165, 1.54) is 4.88 Å². The molecule has 1 amide bonds. The summed E-state index contributed by atoms with van der Waals surface area (Å²) in [6, 6.07) is 10.6. The predicted octanol–water partition coefficient (Wildman–Crippen LogP) is 4.69. The lowest BCUT2D eigenvalue weighted by atomic mass is 10.2. The van der Waals surface area contributed by atoms with Crippen molar-refractivity contribution in [2.75, 3.05) is 18.9 Å². The highest BCUT2D eigenvalue weighted by Gasteiger charge is 2.15. The Morgan fingerprint density at radius 3 is 2.57 bits per heavy atom. The van der Waals surface area contributed by atoms with Gasteiger partial charge in [0.25, 0.3) is 5.76 Å². The quantitative estimate of drug-likeness (QED) is 0.730. The van der Waals surface area contributed by atoms with E-state index in [-0.39, 0.29) is 18.5 Å². The molecule has 0 saturated heterocycles. The van der Waals surface area contributed by atoms with E-state index >= 15 is 0 Å². The van der Waals surface area contributed by atoms with Gasteiger partial charge in [0.1, 0.15) is 0 Å². The summed E-state index contributed by atoms with van der Waals surface area (Å²) in [5.74, 6) is -2.58. The summed E-state index contributed by atoms with van der Waals surface area (Å²) in [7, 11) is 1.90. The first kappa shape index (κ1) is 17.9. The van der Waals surface area contributed by atoms with Crippen molar-refractivity contribution < 1.29 is 13.6 Å². The maximum atomic E-state index is 12.3. The number of amides is 1. The van der Waals surface area contributed by atoms with Crippen LogP contribution in [0.5, 0.6) is 0 Å². The van der Waals surface area contributed by atoms with Crippen molar-refractivity contribution >= 4 is 34.7 Å². The van der Waals surface area contributed by atoms with Gasteiger partial charge in [0, 0.05) is 21.5 Å². The molecule has 1 aromatic carbocycles. The van der Waals surface area contributed by atoms with Crippen LogP contribution in [-0.2, 0) is 4.79 Å². The highest BCUT2D eigenvalue weighted by Crippen LogP contribution is 2.26. The van der Waals surface area contributed by atoms with Gasteiger partial charge in [0.2, 0.25) is 5.91 Å². The van der Waals surface area contributed by atoms with Crippen LogP contribution in [0.15, 0.2) is 46.7 Å². The number of alkyl halides is 2. The van der Waals surface area contributed by atoms with Crippen LogP contribution in [0.4, 0.5) is 14.5 Å². The third kappa shape index (κ3) is 5.60. The Hall–Kier alpha value is -1.44. The molecule has 0 saturated carbocycles. The van der Waals surface area contributed by atoms with Crippen molar-refractivity contribution in [3.05, 3.63) is 46.7 Å². The molecule has 0 aliphatic rings. The van der Waals surface area contributed by atoms with E-state index in [2.05, 4.69) is 12.2 Å². The number of carbonyl (C=O) groups excluding carboxylic acids is 1. The van der Waals surface area contributed by atoms with Gasteiger partial charge in [-0.15, -0.1) is 11.3 Å². The number of carbonyl (C=O) groups is 1. The molecule has 0 fully saturated rings. The molecule has 2 aromatic rings. The number of hydrogen-bond donors (Lipinski definition) is 1. The third-order valence-corrected chi connectivity index (χ3v) is 5.14. The molecular weight excluding hydrogens is 338 g/mol. The van der Waals surface area contributed by atoms with Gasteiger partial charge in [0.05, 0.1) is 6.54 Å². The van der Waals surface area contributed by atoms with Crippen LogP contribution >= 0.6 is 23.1 Å². The van der Waals surface area contributed by atoms with Gasteiger partial charge < -0.3 is 5.32 Å². The van der Waals surface area contributed by atoms with Crippen molar-refractivity contribution in [3.8, 4) is 0 Å². The zero-order chi connectivity index (χ0) is 16.8. The maximum absolute atomic E-state index is 12.3. The van der Waals surface area contributed by atoms with E-state index in [4.69, 9.17) is 0 Å². The summed E-state index contributed by atoms with van der Waals surface area (Å²) in [4.78, 5) is 15.7. The monoisotopic (exact) mass is 356 g/mol. The molecule has 0 aliphatic heterocycles. The molecule has 2 rings (SSSR count). The Morgan fingerprint density at radius 2 is 2.00 bits per heavy atom. The summed E-state index contributed by atoms with van der Waals surface area (Å²) >= 11 is 2.15. The SMILES string of the molecule is CC(c1cccs1)N(C)CC(=O)Nc1ccc(SC(F)F)cc1. The summed E-state index contributed by atoms with van der Waals surface area (Å²) in [6.07, 6.45) is 0. The normalized spacial score (nSPS) is 12.6. The number of thioether (sulfide) groups is 1. The molecule has 0 radical (unpaired) electrons. The molecule has 0 spiro atoms. The lowest BCUT2D eigenvalue weighted by Gasteiger charge is -2.23. The van der Waals surface area contributed by atoms with Gasteiger partial charge in [0.15, 0.2) is 0 Å². The number of nitrogens with one attached hydrogen (secondary N) is 1. The van der Waals surface area contributed by atoms with Crippen LogP contribution in [-0.4, -0.2) is 30.2 Å². The second-order valence-corrected chi connectivity index (χ2v) is 7.10. The maximum Gasteiger partial charge on any atom is 0.288 e. The Morgan fingerprint density at radius 1 is 1.30 bits per heavy atom. The number of likely N-dealkylation sites (N-methyl/N-ethyl adjacent to an activating group) is 1. The fraction of sp³-hybridized carbons (Fsp3) is 0.312. The first-order valence-electron chi connectivity index (χ1n) is 7.04. The van der Waals surface area contributed by atoms with E-state index in [9.17, 15) is 13.6 Å². The molecule has 1 unspecified atom stereocenters. The van der Waals surface area contributed by atoms with E-state index in [1.807, 2.05) is 29.5 Å². The minimum atomic E-state index is -2.44. The minimum absolute atomic E-state index is 0.134. The second kappa shape index (κ2) is 8.42. The fourth-order valence-electron chi connectivity index (χ4n) is 2.03. The summed E-state index contributed by atoms with van der Waals surface area (Å²) in [6.45, 7) is 2.31. The first-order valence-corrected chi connectivity index (χ1v) is 8.80. The van der Waals surface area contributed by atoms with E-state index in [0.717, 1.165) is 0 Å². The molecule has 1 atom stereocenters. The first-order chi connectivity index (χ1) is 11.0. The van der Waals surface area contributed by atoms with Gasteiger partial charge in [-0.25, -0.2) is 0 Å². The van der Waals surface area contributed by atoms with Crippen LogP contribution < -0.4 is 5.32 Å². The molecule has 0 bridgehead atoms. The van der Waals surface area contributed by atoms with Crippen molar-refractivity contribution in [2.24, 2.45) is 0 Å². The van der Waals surface area contributed by atoms with Gasteiger partial charge in [-0.1, -0.05) is 17.8 Å². The molecule has 0 aliphatic carbocycles. The largest absolute Gasteiger partial charge is 0.325 e. The topological polar surface area (TPSA) is 32.3 Å². The highest BCUT2D eigenvalue weighted by atomic mass is 32.2. The van der Waals surface area contributed by atoms with Gasteiger partial charge in [-0.3, -0.25) is 9.69 Å². The van der Waals surface area contributed by atoms with Crippen LogP contribution in [0.1, 0.15) is 17.8 Å². The van der Waals surface area contributed by atoms with Gasteiger partial charge in [-0.05, 0) is 49.7 Å². The Bertz CT molecular complexity index is 618. The number of rotatable bonds is 7. The van der Waals surface area contributed by atoms with Crippen molar-refractivity contribution in [3.63, 3.8) is 0 Å². The number of nitrogens with zero attached hydrogens (tertiary/aromatic N) is 1. The van der Waals surface area contributed by atoms with Crippen molar-refractivity contribution in [1.82, 2.24) is 4.90 Å². The number of benzene rings is 1. The van der Waals surface area contributed by atoms with Gasteiger partial charge >= 0.3 is 0 Å². The Balaban J connectivity index is 1.86. The lowest BCUT2D eigenvalue weighted by molar-refractivity contribution is -0.117. The van der Waals surface area contributed by atoms with E-state index < -0.39 is 5.76 Å². The molecular formula is C16H18F2N2OS2. The average Bonchev–Trinajstić information content (AvgIpc) is 3.02. The van der Waals surface area contributed by atoms with Crippen LogP contribution in [0, 0.1) is 0 Å². The zero-order valence-corrected chi connectivity index (χ0v) is 14.5. The van der Waals surface area contributed by atoms with Crippen LogP contribution in [0.25, 0.3) is 0 Å².